The van der Waals surface area contributed by atoms with Crippen LogP contribution in [0.2, 0.25) is 0 Å². The lowest BCUT2D eigenvalue weighted by Crippen LogP contribution is -2.33. The number of H-pyrrole nitrogens is 1. The van der Waals surface area contributed by atoms with Crippen LogP contribution >= 0.6 is 7.37 Å². The first kappa shape index (κ1) is 19.5. The third-order valence-electron chi connectivity index (χ3n) is 5.06. The van der Waals surface area contributed by atoms with Crippen molar-refractivity contribution in [2.75, 3.05) is 26.2 Å². The molecule has 144 valence electrons. The summed E-state index contributed by atoms with van der Waals surface area (Å²) in [5.41, 5.74) is 1.88. The van der Waals surface area contributed by atoms with Crippen LogP contribution in [0, 0.1) is 11.8 Å². The fourth-order valence-corrected chi connectivity index (χ4v) is 4.90. The summed E-state index contributed by atoms with van der Waals surface area (Å²) in [7, 11) is -2.92. The Balaban J connectivity index is 1.84. The van der Waals surface area contributed by atoms with E-state index < -0.39 is 19.6 Å². The number of aliphatic hydroxyl groups excluding tert-OH is 2. The number of allylic oxidation sites excluding steroid dienone is 1. The molecule has 0 radical (unpaired) electrons. The molecule has 3 rings (SSSR count). The van der Waals surface area contributed by atoms with Gasteiger partial charge in [0, 0.05) is 30.7 Å². The second-order valence-electron chi connectivity index (χ2n) is 6.89. The van der Waals surface area contributed by atoms with Crippen LogP contribution < -0.4 is 5.56 Å². The standard InChI is InChI=1S/C17H25N2O6P/c1-3-25-26(2,23)9-24-16-13(6-10(7-20)15(16)21)11-4-5-12-14(11)18-8-19-17(12)22/h4,8,10,13,15-16,20-21H,3,5-7,9H2,1-2H3,(H,18,19,22)/t10-,13+,15-,16+,26?/m1/s1. The highest BCUT2D eigenvalue weighted by Gasteiger charge is 2.46. The molecule has 5 atom stereocenters. The molecule has 1 aromatic rings. The van der Waals surface area contributed by atoms with Crippen LogP contribution in [0.1, 0.15) is 24.6 Å². The summed E-state index contributed by atoms with van der Waals surface area (Å²) in [6.45, 7) is 3.41. The molecule has 0 spiro atoms. The number of aliphatic hydroxyl groups is 2. The van der Waals surface area contributed by atoms with Crippen molar-refractivity contribution in [1.82, 2.24) is 9.97 Å². The Morgan fingerprint density at radius 1 is 1.46 bits per heavy atom. The maximum atomic E-state index is 12.3. The molecule has 1 unspecified atom stereocenters. The van der Waals surface area contributed by atoms with E-state index >= 15 is 0 Å². The van der Waals surface area contributed by atoms with Gasteiger partial charge in [-0.3, -0.25) is 9.36 Å². The van der Waals surface area contributed by atoms with Crippen molar-refractivity contribution in [3.8, 4) is 0 Å². The number of hydrogen-bond acceptors (Lipinski definition) is 7. The van der Waals surface area contributed by atoms with Crippen molar-refractivity contribution < 1.29 is 24.0 Å². The normalized spacial score (nSPS) is 30.1. The number of aromatic nitrogens is 2. The second kappa shape index (κ2) is 7.74. The third-order valence-corrected chi connectivity index (χ3v) is 6.48. The number of fused-ring (bicyclic) bond motifs is 1. The summed E-state index contributed by atoms with van der Waals surface area (Å²) in [4.78, 5) is 18.8. The Labute approximate surface area is 151 Å². The molecular weight excluding hydrogens is 359 g/mol. The number of aromatic amines is 1. The van der Waals surface area contributed by atoms with Crippen LogP contribution in [0.3, 0.4) is 0 Å². The van der Waals surface area contributed by atoms with Gasteiger partial charge in [0.1, 0.15) is 6.35 Å². The molecule has 3 N–H and O–H groups in total. The molecule has 0 aliphatic heterocycles. The van der Waals surface area contributed by atoms with Crippen molar-refractivity contribution in [2.24, 2.45) is 11.8 Å². The summed E-state index contributed by atoms with van der Waals surface area (Å²) in [6, 6.07) is 0. The van der Waals surface area contributed by atoms with Crippen molar-refractivity contribution >= 4 is 12.9 Å². The average molecular weight is 384 g/mol. The van der Waals surface area contributed by atoms with Crippen LogP contribution in [-0.2, 0) is 20.2 Å². The van der Waals surface area contributed by atoms with Crippen LogP contribution in [-0.4, -0.2) is 58.6 Å². The first-order valence-electron chi connectivity index (χ1n) is 8.76. The fraction of sp³-hybridized carbons (Fsp3) is 0.647. The molecule has 2 aliphatic carbocycles. The zero-order chi connectivity index (χ0) is 18.9. The number of nitrogens with one attached hydrogen (secondary N) is 1. The van der Waals surface area contributed by atoms with E-state index in [1.54, 1.807) is 6.92 Å². The lowest BCUT2D eigenvalue weighted by molar-refractivity contribution is -0.0342. The molecule has 1 aromatic heterocycles. The largest absolute Gasteiger partial charge is 0.396 e. The molecule has 0 bridgehead atoms. The monoisotopic (exact) mass is 384 g/mol. The van der Waals surface area contributed by atoms with Crippen molar-refractivity contribution in [2.45, 2.75) is 32.0 Å². The molecule has 9 heteroatoms. The van der Waals surface area contributed by atoms with E-state index in [1.807, 2.05) is 6.08 Å². The summed E-state index contributed by atoms with van der Waals surface area (Å²) < 4.78 is 23.4. The predicted octanol–water partition coefficient (Wildman–Crippen LogP) is 0.986. The lowest BCUT2D eigenvalue weighted by Gasteiger charge is -2.25. The first-order chi connectivity index (χ1) is 12.4. The van der Waals surface area contributed by atoms with Gasteiger partial charge in [-0.05, 0) is 25.3 Å². The molecule has 26 heavy (non-hydrogen) atoms. The minimum atomic E-state index is -2.92. The second-order valence-corrected chi connectivity index (χ2v) is 9.43. The zero-order valence-corrected chi connectivity index (χ0v) is 15.8. The van der Waals surface area contributed by atoms with Crippen LogP contribution in [0.25, 0.3) is 5.57 Å². The molecule has 8 nitrogen and oxygen atoms in total. The quantitative estimate of drug-likeness (QED) is 0.599. The van der Waals surface area contributed by atoms with Gasteiger partial charge in [-0.15, -0.1) is 0 Å². The van der Waals surface area contributed by atoms with Gasteiger partial charge in [-0.25, -0.2) is 4.98 Å². The number of rotatable bonds is 7. The molecular formula is C17H25N2O6P. The molecule has 1 heterocycles. The average Bonchev–Trinajstić information content (AvgIpc) is 3.15. The molecule has 0 aromatic carbocycles. The van der Waals surface area contributed by atoms with E-state index in [0.29, 0.717) is 30.7 Å². The Kier molecular flexibility index (Phi) is 5.79. The Hall–Kier alpha value is -1.31. The van der Waals surface area contributed by atoms with Crippen molar-refractivity contribution in [3.63, 3.8) is 0 Å². The summed E-state index contributed by atoms with van der Waals surface area (Å²) >= 11 is 0. The van der Waals surface area contributed by atoms with Gasteiger partial charge in [0.2, 0.25) is 7.37 Å². The van der Waals surface area contributed by atoms with Gasteiger partial charge in [0.15, 0.2) is 0 Å². The van der Waals surface area contributed by atoms with Crippen LogP contribution in [0.15, 0.2) is 17.2 Å². The fourth-order valence-electron chi connectivity index (χ4n) is 3.84. The zero-order valence-electron chi connectivity index (χ0n) is 14.9. The smallest absolute Gasteiger partial charge is 0.254 e. The highest BCUT2D eigenvalue weighted by molar-refractivity contribution is 7.57. The molecule has 1 saturated carbocycles. The van der Waals surface area contributed by atoms with Gasteiger partial charge in [0.05, 0.1) is 30.8 Å². The highest BCUT2D eigenvalue weighted by atomic mass is 31.2. The van der Waals surface area contributed by atoms with E-state index in [1.165, 1.54) is 13.0 Å². The van der Waals surface area contributed by atoms with Gasteiger partial charge < -0.3 is 24.5 Å². The lowest BCUT2D eigenvalue weighted by atomic mass is 9.93. The Morgan fingerprint density at radius 2 is 2.23 bits per heavy atom. The first-order valence-corrected chi connectivity index (χ1v) is 11.0. The number of hydrogen-bond donors (Lipinski definition) is 3. The van der Waals surface area contributed by atoms with Crippen molar-refractivity contribution in [1.29, 1.82) is 0 Å². The summed E-state index contributed by atoms with van der Waals surface area (Å²) in [6.07, 6.45) is 2.62. The minimum Gasteiger partial charge on any atom is -0.396 e. The minimum absolute atomic E-state index is 0.111. The van der Waals surface area contributed by atoms with Gasteiger partial charge in [-0.2, -0.15) is 0 Å². The van der Waals surface area contributed by atoms with E-state index in [2.05, 4.69) is 9.97 Å². The van der Waals surface area contributed by atoms with E-state index in [4.69, 9.17) is 9.26 Å². The third kappa shape index (κ3) is 3.70. The molecule has 0 saturated heterocycles. The van der Waals surface area contributed by atoms with E-state index in [9.17, 15) is 19.6 Å². The van der Waals surface area contributed by atoms with Crippen LogP contribution in [0.5, 0.6) is 0 Å². The van der Waals surface area contributed by atoms with Gasteiger partial charge in [0.25, 0.3) is 5.56 Å². The molecule has 2 aliphatic rings. The maximum Gasteiger partial charge on any atom is 0.254 e. The van der Waals surface area contributed by atoms with E-state index in [-0.39, 0.29) is 30.3 Å². The SMILES string of the molecule is CCOP(C)(=O)CO[C@@H]1[C@H](O)[C@@H](CO)C[C@H]1C1=CCc2c1nc[nH]c2=O. The Bertz CT molecular complexity index is 792. The summed E-state index contributed by atoms with van der Waals surface area (Å²) in [5, 5.41) is 20.2. The molecule has 1 fully saturated rings. The van der Waals surface area contributed by atoms with Gasteiger partial charge >= 0.3 is 0 Å². The van der Waals surface area contributed by atoms with Crippen LogP contribution in [0.4, 0.5) is 0 Å². The molecule has 0 amide bonds. The highest BCUT2D eigenvalue weighted by Crippen LogP contribution is 2.47. The topological polar surface area (TPSA) is 122 Å². The van der Waals surface area contributed by atoms with E-state index in [0.717, 1.165) is 5.57 Å². The number of ether oxygens (including phenoxy) is 1. The predicted molar refractivity (Wildman–Crippen MR) is 96.1 cm³/mol. The maximum absolute atomic E-state index is 12.3. The number of nitrogens with zero attached hydrogens (tertiary/aromatic N) is 1. The van der Waals surface area contributed by atoms with Crippen molar-refractivity contribution in [3.05, 3.63) is 34.0 Å². The Morgan fingerprint density at radius 3 is 2.92 bits per heavy atom. The summed E-state index contributed by atoms with van der Waals surface area (Å²) in [5.74, 6) is -0.584. The van der Waals surface area contributed by atoms with Gasteiger partial charge in [-0.1, -0.05) is 6.08 Å².